The lowest BCUT2D eigenvalue weighted by molar-refractivity contribution is -0.167. The van der Waals surface area contributed by atoms with Crippen LogP contribution in [-0.2, 0) is 42.9 Å². The number of epoxide rings is 1. The third kappa shape index (κ3) is 23.6. The highest BCUT2D eigenvalue weighted by molar-refractivity contribution is 5.89. The number of benzene rings is 4. The van der Waals surface area contributed by atoms with E-state index in [2.05, 4.69) is 17.9 Å². The van der Waals surface area contributed by atoms with E-state index in [4.69, 9.17) is 37.9 Å². The normalized spacial score (nSPS) is 13.9. The van der Waals surface area contributed by atoms with Crippen LogP contribution < -0.4 is 18.9 Å². The lowest BCUT2D eigenvalue weighted by atomic mass is 10.0. The molecule has 2 fully saturated rings. The summed E-state index contributed by atoms with van der Waals surface area (Å²) in [5.74, 6) is -4.63. The van der Waals surface area contributed by atoms with Gasteiger partial charge < -0.3 is 42.6 Å². The van der Waals surface area contributed by atoms with E-state index in [9.17, 15) is 36.7 Å². The van der Waals surface area contributed by atoms with Gasteiger partial charge in [-0.1, -0.05) is 108 Å². The Balaban J connectivity index is 0.000000291. The van der Waals surface area contributed by atoms with E-state index in [1.807, 2.05) is 0 Å². The highest BCUT2D eigenvalue weighted by Gasteiger charge is 2.27. The fraction of sp³-hybridized carbons (Fsp3) is 0.475. The molecule has 13 nitrogen and oxygen atoms in total. The Labute approximate surface area is 455 Å². The molecular weight excluding hydrogens is 1020 g/mol. The van der Waals surface area contributed by atoms with Crippen molar-refractivity contribution in [1.29, 1.82) is 0 Å². The first-order valence-corrected chi connectivity index (χ1v) is 26.9. The summed E-state index contributed by atoms with van der Waals surface area (Å²) in [5.41, 5.74) is 1.84. The summed E-state index contributed by atoms with van der Waals surface area (Å²) in [6.45, 7) is 13.7. The Bertz CT molecular complexity index is 2480. The number of carbonyl (C=O) groups is 4. The average molecular weight is 1090 g/mol. The summed E-state index contributed by atoms with van der Waals surface area (Å²) < 4.78 is 106. The van der Waals surface area contributed by atoms with Crippen molar-refractivity contribution in [1.82, 2.24) is 0 Å². The lowest BCUT2D eigenvalue weighted by Gasteiger charge is -2.19. The first-order valence-electron chi connectivity index (χ1n) is 26.9. The van der Waals surface area contributed by atoms with Gasteiger partial charge in [-0.15, -0.1) is 0 Å². The van der Waals surface area contributed by atoms with Crippen molar-refractivity contribution in [3.05, 3.63) is 120 Å². The minimum atomic E-state index is -0.739. The van der Waals surface area contributed by atoms with E-state index in [1.54, 1.807) is 62.4 Å². The number of unbranched alkanes of at least 4 members (excludes halogenated alkanes) is 13. The van der Waals surface area contributed by atoms with Crippen LogP contribution in [0.4, 0.5) is 17.6 Å². The number of cyclic esters (lactones) is 2. The Hall–Kier alpha value is -6.56. The number of carbonyl (C=O) groups excluding carboxylic acids is 4. The number of esters is 4. The maximum Gasteiger partial charge on any atom is 0.338 e. The summed E-state index contributed by atoms with van der Waals surface area (Å²) in [4.78, 5) is 45.5. The first kappa shape index (κ1) is 62.3. The van der Waals surface area contributed by atoms with E-state index < -0.39 is 41.2 Å². The molecule has 0 spiro atoms. The van der Waals surface area contributed by atoms with Crippen LogP contribution >= 0.6 is 0 Å². The molecule has 0 aromatic heterocycles. The molecule has 2 aliphatic rings. The molecule has 0 bridgehead atoms. The molecule has 1 unspecified atom stereocenters. The van der Waals surface area contributed by atoms with Crippen molar-refractivity contribution >= 4 is 23.9 Å². The van der Waals surface area contributed by atoms with Crippen LogP contribution in [0, 0.1) is 29.2 Å². The molecule has 0 radical (unpaired) electrons. The molecular formula is C61H74F4O13. The van der Waals surface area contributed by atoms with E-state index in [-0.39, 0.29) is 67.4 Å². The highest BCUT2D eigenvalue weighted by Crippen LogP contribution is 2.33. The zero-order chi connectivity index (χ0) is 56.1. The van der Waals surface area contributed by atoms with Crippen LogP contribution in [0.3, 0.4) is 0 Å². The van der Waals surface area contributed by atoms with Gasteiger partial charge in [0.25, 0.3) is 0 Å². The van der Waals surface area contributed by atoms with Gasteiger partial charge in [-0.2, -0.15) is 0 Å². The van der Waals surface area contributed by atoms with Crippen molar-refractivity contribution in [2.45, 2.75) is 129 Å². The van der Waals surface area contributed by atoms with Gasteiger partial charge in [0, 0.05) is 35.8 Å². The second-order valence-electron chi connectivity index (χ2n) is 19.4. The highest BCUT2D eigenvalue weighted by atomic mass is 19.1. The summed E-state index contributed by atoms with van der Waals surface area (Å²) >= 11 is 0. The maximum absolute atomic E-state index is 14.8. The van der Waals surface area contributed by atoms with E-state index in [1.165, 1.54) is 43.5 Å². The third-order valence-electron chi connectivity index (χ3n) is 12.5. The van der Waals surface area contributed by atoms with Crippen molar-refractivity contribution in [2.75, 3.05) is 53.0 Å². The molecule has 424 valence electrons. The third-order valence-corrected chi connectivity index (χ3v) is 12.5. The zero-order valence-electron chi connectivity index (χ0n) is 45.0. The van der Waals surface area contributed by atoms with Crippen LogP contribution in [-0.4, -0.2) is 83.0 Å². The van der Waals surface area contributed by atoms with Crippen LogP contribution in [0.5, 0.6) is 23.0 Å². The van der Waals surface area contributed by atoms with Gasteiger partial charge in [-0.3, -0.25) is 9.59 Å². The summed E-state index contributed by atoms with van der Waals surface area (Å²) in [6.07, 6.45) is 15.8. The first-order chi connectivity index (χ1) is 37.7. The van der Waals surface area contributed by atoms with Crippen LogP contribution in [0.2, 0.25) is 0 Å². The second kappa shape index (κ2) is 34.3. The van der Waals surface area contributed by atoms with Gasteiger partial charge in [-0.05, 0) is 92.6 Å². The fourth-order valence-corrected chi connectivity index (χ4v) is 8.08. The molecule has 0 N–H and O–H groups in total. The number of rotatable bonds is 35. The van der Waals surface area contributed by atoms with Gasteiger partial charge in [0.05, 0.1) is 58.0 Å². The predicted molar refractivity (Wildman–Crippen MR) is 286 cm³/mol. The van der Waals surface area contributed by atoms with Crippen molar-refractivity contribution in [3.63, 3.8) is 0 Å². The molecule has 0 aliphatic carbocycles. The summed E-state index contributed by atoms with van der Waals surface area (Å²) in [5, 5.41) is 0. The fourth-order valence-electron chi connectivity index (χ4n) is 8.08. The van der Waals surface area contributed by atoms with E-state index in [0.717, 1.165) is 96.9 Å². The zero-order valence-corrected chi connectivity index (χ0v) is 45.0. The van der Waals surface area contributed by atoms with Gasteiger partial charge in [0.2, 0.25) is 0 Å². The quantitative estimate of drug-likeness (QED) is 0.00628. The molecule has 17 heteroatoms. The van der Waals surface area contributed by atoms with Crippen LogP contribution in [0.15, 0.2) is 97.1 Å². The maximum atomic E-state index is 14.8. The van der Waals surface area contributed by atoms with E-state index in [0.29, 0.717) is 53.1 Å². The number of halogens is 4. The summed E-state index contributed by atoms with van der Waals surface area (Å²) in [7, 11) is 0. The van der Waals surface area contributed by atoms with Gasteiger partial charge in [-0.25, -0.2) is 27.2 Å². The smallest absolute Gasteiger partial charge is 0.338 e. The largest absolute Gasteiger partial charge is 0.493 e. The minimum absolute atomic E-state index is 0.109. The summed E-state index contributed by atoms with van der Waals surface area (Å²) in [6, 6.07) is 17.5. The Kier molecular flexibility index (Phi) is 27.4. The molecule has 0 amide bonds. The molecule has 2 heterocycles. The molecule has 1 atom stereocenters. The molecule has 2 saturated heterocycles. The van der Waals surface area contributed by atoms with Crippen molar-refractivity contribution < 1.29 is 79.4 Å². The van der Waals surface area contributed by atoms with Crippen molar-refractivity contribution in [2.24, 2.45) is 5.92 Å². The molecule has 78 heavy (non-hydrogen) atoms. The van der Waals surface area contributed by atoms with Crippen molar-refractivity contribution in [3.8, 4) is 45.3 Å². The number of hydrogen-bond donors (Lipinski definition) is 0. The van der Waals surface area contributed by atoms with Gasteiger partial charge in [0.15, 0.2) is 24.2 Å². The Morgan fingerprint density at radius 2 is 1.01 bits per heavy atom. The topological polar surface area (TPSA) is 155 Å². The monoisotopic (exact) mass is 1090 g/mol. The number of ether oxygens (including phenoxy) is 9. The minimum Gasteiger partial charge on any atom is -0.493 e. The van der Waals surface area contributed by atoms with E-state index >= 15 is 0 Å². The molecule has 4 aromatic rings. The van der Waals surface area contributed by atoms with Gasteiger partial charge >= 0.3 is 23.9 Å². The predicted octanol–water partition coefficient (Wildman–Crippen LogP) is 13.7. The van der Waals surface area contributed by atoms with Gasteiger partial charge in [0.1, 0.15) is 35.0 Å². The standard InChI is InChI=1S/C32H38F2O8.C29H36F2O5/c1-22(2)32(37)40-15-9-7-5-3-4-6-8-14-39-26-18-27(33)31(28(34)19-26)24-10-12-25(13-11-24)41-21-38-20-23-16-29(35)42-30(36)17-23;1-21(2)29(32)36-24-13-11-22(12-14-24)23-17-26(30)28(27(31)18-23)34-16-10-8-6-4-3-5-7-9-15-33-19-25-20-35-25/h10-13,18-19,23H,1,3-9,14-17,20-21H2,2H3;11-14,17-18,25H,1,3-10,15-16,19-20H2,2H3. The molecule has 6 rings (SSSR count). The molecule has 0 saturated carbocycles. The number of hydrogen-bond acceptors (Lipinski definition) is 13. The SMILES string of the molecule is C=C(C)C(=O)OCCCCCCCCCOc1cc(F)c(-c2ccc(OCOCC3CC(=O)OC(=O)C3)cc2)c(F)c1.C=C(C)C(=O)Oc1ccc(-c2cc(F)c(OCCCCCCCCCCOCC3CO3)c(F)c2)cc1. The second-order valence-corrected chi connectivity index (χ2v) is 19.4. The van der Waals surface area contributed by atoms with Crippen LogP contribution in [0.1, 0.15) is 123 Å². The lowest BCUT2D eigenvalue weighted by Crippen LogP contribution is -2.28. The molecule has 4 aromatic carbocycles. The van der Waals surface area contributed by atoms with Crippen LogP contribution in [0.25, 0.3) is 22.3 Å². The Morgan fingerprint density at radius 3 is 1.55 bits per heavy atom. The Morgan fingerprint density at radius 1 is 0.526 bits per heavy atom. The molecule has 2 aliphatic heterocycles. The average Bonchev–Trinajstić information content (AvgIpc) is 4.28.